The second-order valence-corrected chi connectivity index (χ2v) is 8.69. The lowest BCUT2D eigenvalue weighted by Gasteiger charge is -2.28. The average molecular weight is 315 g/mol. The number of carbonyl (C=O) groups excluding carboxylic acids is 1. The molecule has 120 valence electrons. The summed E-state index contributed by atoms with van der Waals surface area (Å²) in [4.78, 5) is 12.0. The van der Waals surface area contributed by atoms with Gasteiger partial charge in [0.2, 0.25) is 15.9 Å². The van der Waals surface area contributed by atoms with Crippen LogP contribution in [0.5, 0.6) is 0 Å². The Morgan fingerprint density at radius 3 is 2.57 bits per heavy atom. The Hall–Kier alpha value is -0.660. The maximum Gasteiger partial charge on any atom is 0.220 e. The zero-order valence-electron chi connectivity index (χ0n) is 12.4. The predicted molar refractivity (Wildman–Crippen MR) is 80.3 cm³/mol. The highest BCUT2D eigenvalue weighted by atomic mass is 32.2. The van der Waals surface area contributed by atoms with Gasteiger partial charge in [-0.25, -0.2) is 12.7 Å². The number of carbonyl (C=O) groups is 1. The maximum absolute atomic E-state index is 12.0. The van der Waals surface area contributed by atoms with Crippen LogP contribution in [0.1, 0.15) is 38.5 Å². The highest BCUT2D eigenvalue weighted by Crippen LogP contribution is 2.32. The lowest BCUT2D eigenvalue weighted by atomic mass is 9.89. The summed E-state index contributed by atoms with van der Waals surface area (Å²) in [5.41, 5.74) is 0. The number of rotatable bonds is 5. The first-order valence-corrected chi connectivity index (χ1v) is 9.64. The molecular weight excluding hydrogens is 290 g/mol. The lowest BCUT2D eigenvalue weighted by Crippen LogP contribution is -2.40. The summed E-state index contributed by atoms with van der Waals surface area (Å²) in [7, 11) is -3.04. The van der Waals surface area contributed by atoms with Crippen LogP contribution in [0.3, 0.4) is 0 Å². The van der Waals surface area contributed by atoms with Gasteiger partial charge in [0.15, 0.2) is 0 Å². The third kappa shape index (κ3) is 3.76. The van der Waals surface area contributed by atoms with Crippen molar-refractivity contribution in [1.29, 1.82) is 0 Å². The van der Waals surface area contributed by atoms with Crippen molar-refractivity contribution >= 4 is 15.9 Å². The Bertz CT molecular complexity index is 482. The molecule has 2 unspecified atom stereocenters. The molecule has 1 amide bonds. The summed E-state index contributed by atoms with van der Waals surface area (Å²) in [5, 5.41) is 6.46. The van der Waals surface area contributed by atoms with Gasteiger partial charge in [-0.3, -0.25) is 4.79 Å². The fraction of sp³-hybridized carbons (Fsp3) is 0.929. The first-order valence-electron chi connectivity index (χ1n) is 8.03. The zero-order valence-corrected chi connectivity index (χ0v) is 13.2. The molecule has 0 aromatic carbocycles. The molecular formula is C14H25N3O3S. The molecule has 0 aliphatic carbocycles. The molecule has 0 aromatic heterocycles. The smallest absolute Gasteiger partial charge is 0.220 e. The SMILES string of the molecule is O=C(CC1CC2CCC(C1)N2)NCCN1CCCS1(=O)=O. The number of nitrogens with zero attached hydrogens (tertiary/aromatic N) is 1. The molecule has 6 nitrogen and oxygen atoms in total. The first kappa shape index (κ1) is 15.2. The molecule has 2 N–H and O–H groups in total. The van der Waals surface area contributed by atoms with E-state index in [9.17, 15) is 13.2 Å². The number of amides is 1. The lowest BCUT2D eigenvalue weighted by molar-refractivity contribution is -0.122. The summed E-state index contributed by atoms with van der Waals surface area (Å²) in [6.45, 7) is 1.43. The summed E-state index contributed by atoms with van der Waals surface area (Å²) in [5.74, 6) is 0.802. The molecule has 21 heavy (non-hydrogen) atoms. The molecule has 0 spiro atoms. The minimum atomic E-state index is -3.04. The average Bonchev–Trinajstić information content (AvgIpc) is 2.92. The van der Waals surface area contributed by atoms with E-state index in [1.54, 1.807) is 0 Å². The van der Waals surface area contributed by atoms with Crippen molar-refractivity contribution in [1.82, 2.24) is 14.9 Å². The van der Waals surface area contributed by atoms with E-state index in [0.29, 0.717) is 50.5 Å². The van der Waals surface area contributed by atoms with Crippen molar-refractivity contribution in [2.24, 2.45) is 5.92 Å². The molecule has 3 saturated heterocycles. The van der Waals surface area contributed by atoms with Crippen LogP contribution in [-0.4, -0.2) is 56.1 Å². The molecule has 0 saturated carbocycles. The van der Waals surface area contributed by atoms with E-state index in [4.69, 9.17) is 0 Å². The first-order chi connectivity index (χ1) is 10.0. The van der Waals surface area contributed by atoms with E-state index in [1.807, 2.05) is 0 Å². The van der Waals surface area contributed by atoms with Gasteiger partial charge in [0, 0.05) is 38.1 Å². The van der Waals surface area contributed by atoms with E-state index >= 15 is 0 Å². The minimum absolute atomic E-state index is 0.0675. The van der Waals surface area contributed by atoms with Gasteiger partial charge in [0.1, 0.15) is 0 Å². The number of hydrogen-bond acceptors (Lipinski definition) is 4. The van der Waals surface area contributed by atoms with Gasteiger partial charge < -0.3 is 10.6 Å². The molecule has 2 atom stereocenters. The van der Waals surface area contributed by atoms with Gasteiger partial charge in [-0.05, 0) is 38.0 Å². The predicted octanol–water partition coefficient (Wildman–Crippen LogP) is 0.0588. The van der Waals surface area contributed by atoms with Gasteiger partial charge in [0.05, 0.1) is 5.75 Å². The van der Waals surface area contributed by atoms with Crippen molar-refractivity contribution < 1.29 is 13.2 Å². The summed E-state index contributed by atoms with van der Waals surface area (Å²) in [6, 6.07) is 1.22. The Kier molecular flexibility index (Phi) is 4.51. The Morgan fingerprint density at radius 2 is 1.95 bits per heavy atom. The van der Waals surface area contributed by atoms with Gasteiger partial charge in [-0.1, -0.05) is 0 Å². The second kappa shape index (κ2) is 6.22. The third-order valence-electron chi connectivity index (χ3n) is 4.93. The fourth-order valence-corrected chi connectivity index (χ4v) is 5.47. The van der Waals surface area contributed by atoms with Crippen LogP contribution in [0.2, 0.25) is 0 Å². The molecule has 3 aliphatic rings. The van der Waals surface area contributed by atoms with E-state index < -0.39 is 10.0 Å². The molecule has 3 aliphatic heterocycles. The number of sulfonamides is 1. The van der Waals surface area contributed by atoms with Crippen LogP contribution in [0, 0.1) is 5.92 Å². The molecule has 0 radical (unpaired) electrons. The normalized spacial score (nSPS) is 35.0. The van der Waals surface area contributed by atoms with Crippen molar-refractivity contribution in [3.63, 3.8) is 0 Å². The molecule has 0 aromatic rings. The van der Waals surface area contributed by atoms with E-state index in [0.717, 1.165) is 12.8 Å². The Labute approximate surface area is 126 Å². The summed E-state index contributed by atoms with van der Waals surface area (Å²) in [6.07, 6.45) is 5.98. The molecule has 2 bridgehead atoms. The van der Waals surface area contributed by atoms with Gasteiger partial charge in [-0.2, -0.15) is 0 Å². The number of piperidine rings is 1. The van der Waals surface area contributed by atoms with Crippen molar-refractivity contribution in [3.05, 3.63) is 0 Å². The quantitative estimate of drug-likeness (QED) is 0.752. The molecule has 3 fully saturated rings. The highest BCUT2D eigenvalue weighted by molar-refractivity contribution is 7.89. The van der Waals surface area contributed by atoms with Crippen LogP contribution in [0.25, 0.3) is 0 Å². The fourth-order valence-electron chi connectivity index (χ4n) is 3.94. The van der Waals surface area contributed by atoms with E-state index in [-0.39, 0.29) is 11.7 Å². The molecule has 3 rings (SSSR count). The summed E-state index contributed by atoms with van der Waals surface area (Å²) >= 11 is 0. The maximum atomic E-state index is 12.0. The number of fused-ring (bicyclic) bond motifs is 2. The van der Waals surface area contributed by atoms with Gasteiger partial charge in [0.25, 0.3) is 0 Å². The Morgan fingerprint density at radius 1 is 1.24 bits per heavy atom. The third-order valence-corrected chi connectivity index (χ3v) is 6.89. The number of hydrogen-bond donors (Lipinski definition) is 2. The van der Waals surface area contributed by atoms with Crippen LogP contribution in [-0.2, 0) is 14.8 Å². The van der Waals surface area contributed by atoms with Crippen LogP contribution in [0.15, 0.2) is 0 Å². The van der Waals surface area contributed by atoms with Crippen molar-refractivity contribution in [2.75, 3.05) is 25.4 Å². The van der Waals surface area contributed by atoms with E-state index in [2.05, 4.69) is 10.6 Å². The summed E-state index contributed by atoms with van der Waals surface area (Å²) < 4.78 is 24.8. The number of nitrogens with one attached hydrogen (secondary N) is 2. The van der Waals surface area contributed by atoms with Gasteiger partial charge in [-0.15, -0.1) is 0 Å². The molecule has 7 heteroatoms. The highest BCUT2D eigenvalue weighted by Gasteiger charge is 2.34. The van der Waals surface area contributed by atoms with E-state index in [1.165, 1.54) is 17.1 Å². The zero-order chi connectivity index (χ0) is 14.9. The van der Waals surface area contributed by atoms with Crippen molar-refractivity contribution in [2.45, 2.75) is 50.6 Å². The van der Waals surface area contributed by atoms with Crippen LogP contribution in [0.4, 0.5) is 0 Å². The van der Waals surface area contributed by atoms with Gasteiger partial charge >= 0.3 is 0 Å². The second-order valence-electron chi connectivity index (χ2n) is 6.60. The van der Waals surface area contributed by atoms with Crippen molar-refractivity contribution in [3.8, 4) is 0 Å². The standard InChI is InChI=1S/C14H25N3O3S/c18-14(10-11-8-12-2-3-13(9-11)16-12)15-4-6-17-5-1-7-21(17,19)20/h11-13,16H,1-10H2,(H,15,18). The minimum Gasteiger partial charge on any atom is -0.355 e. The van der Waals surface area contributed by atoms with Crippen LogP contribution >= 0.6 is 0 Å². The topological polar surface area (TPSA) is 78.5 Å². The van der Waals surface area contributed by atoms with Crippen LogP contribution < -0.4 is 10.6 Å². The largest absolute Gasteiger partial charge is 0.355 e. The monoisotopic (exact) mass is 315 g/mol. The molecule has 3 heterocycles. The Balaban J connectivity index is 1.37.